The normalized spacial score (nSPS) is 7.62. The predicted molar refractivity (Wildman–Crippen MR) is 25.3 cm³/mol. The van der Waals surface area contributed by atoms with E-state index in [2.05, 4.69) is 4.98 Å². The topological polar surface area (TPSA) is 12.9 Å². The molecule has 0 aliphatic rings. The Morgan fingerprint density at radius 2 is 2.25 bits per heavy atom. The molecule has 0 bridgehead atoms. The maximum Gasteiger partial charge on any atom is 1.00 e. The molecule has 0 N–H and O–H groups in total. The molecule has 38 valence electrons. The van der Waals surface area contributed by atoms with Crippen molar-refractivity contribution < 1.29 is 24.7 Å². The minimum Gasteiger partial charge on any atom is -1.00 e. The van der Waals surface area contributed by atoms with E-state index in [0.29, 0.717) is 0 Å². The van der Waals surface area contributed by atoms with Crippen molar-refractivity contribution in [2.45, 2.75) is 0 Å². The second kappa shape index (κ2) is 3.65. The van der Waals surface area contributed by atoms with E-state index >= 15 is 0 Å². The third-order valence-corrected chi connectivity index (χ3v) is 0.629. The van der Waals surface area contributed by atoms with Gasteiger partial charge >= 0.3 is 18.9 Å². The molecule has 0 radical (unpaired) electrons. The van der Waals surface area contributed by atoms with E-state index in [1.165, 1.54) is 12.3 Å². The molecule has 1 nitrogen and oxygen atoms in total. The summed E-state index contributed by atoms with van der Waals surface area (Å²) in [7, 11) is 0. The van der Waals surface area contributed by atoms with Gasteiger partial charge in [0.25, 0.3) is 0 Å². The Kier molecular flexibility index (Phi) is 3.50. The summed E-state index contributed by atoms with van der Waals surface area (Å²) in [5.41, 5.74) is 0. The molecule has 0 amide bonds. The van der Waals surface area contributed by atoms with Crippen LogP contribution in [-0.2, 0) is 0 Å². The van der Waals surface area contributed by atoms with Crippen LogP contribution in [0.5, 0.6) is 0 Å². The van der Waals surface area contributed by atoms with Crippen LogP contribution in [0.2, 0.25) is 0 Å². The first-order valence-electron chi connectivity index (χ1n) is 1.96. The molecular weight excluding hydrogens is 100 g/mol. The maximum absolute atomic E-state index is 11.8. The zero-order chi connectivity index (χ0) is 5.11. The molecule has 1 heterocycles. The molecule has 8 heavy (non-hydrogen) atoms. The fourth-order valence-corrected chi connectivity index (χ4v) is 0.342. The van der Waals surface area contributed by atoms with Gasteiger partial charge in [-0.15, -0.1) is 0 Å². The molecule has 0 aliphatic carbocycles. The number of aromatic nitrogens is 1. The van der Waals surface area contributed by atoms with Gasteiger partial charge in [0.15, 0.2) is 0 Å². The van der Waals surface area contributed by atoms with Crippen molar-refractivity contribution in [2.24, 2.45) is 0 Å². The van der Waals surface area contributed by atoms with Crippen LogP contribution in [0, 0.1) is 5.95 Å². The summed E-state index contributed by atoms with van der Waals surface area (Å²) in [6.45, 7) is 0. The van der Waals surface area contributed by atoms with Gasteiger partial charge in [0.05, 0.1) is 0 Å². The van der Waals surface area contributed by atoms with Crippen molar-refractivity contribution in [3.8, 4) is 0 Å². The average Bonchev–Trinajstić information content (AvgIpc) is 1.69. The van der Waals surface area contributed by atoms with E-state index in [1.807, 2.05) is 0 Å². The van der Waals surface area contributed by atoms with Crippen molar-refractivity contribution in [1.29, 1.82) is 0 Å². The van der Waals surface area contributed by atoms with Crippen LogP contribution in [0.1, 0.15) is 1.43 Å². The zero-order valence-corrected chi connectivity index (χ0v) is 4.63. The minimum atomic E-state index is -0.428. The molecule has 0 saturated carbocycles. The predicted octanol–water partition coefficient (Wildman–Crippen LogP) is -1.66. The first-order valence-corrected chi connectivity index (χ1v) is 1.96. The van der Waals surface area contributed by atoms with Gasteiger partial charge in [-0.2, -0.15) is 4.39 Å². The fraction of sp³-hybridized carbons (Fsp3) is 0. The van der Waals surface area contributed by atoms with Crippen LogP contribution in [0.25, 0.3) is 0 Å². The van der Waals surface area contributed by atoms with Crippen LogP contribution in [-0.4, -0.2) is 4.98 Å². The van der Waals surface area contributed by atoms with Crippen LogP contribution in [0.3, 0.4) is 0 Å². The number of hydrogen-bond donors (Lipinski definition) is 0. The third kappa shape index (κ3) is 2.11. The Balaban J connectivity index is 0. The number of halogens is 1. The van der Waals surface area contributed by atoms with Gasteiger partial charge in [-0.1, -0.05) is 6.07 Å². The first-order chi connectivity index (χ1) is 3.39. The molecule has 0 unspecified atom stereocenters. The standard InChI is InChI=1S/C5H4FN.Li.H/c6-5-3-1-2-4-7-5;;/h1-4H;;/q;+1;-1. The molecule has 1 aromatic heterocycles. The summed E-state index contributed by atoms with van der Waals surface area (Å²) < 4.78 is 11.8. The summed E-state index contributed by atoms with van der Waals surface area (Å²) in [4.78, 5) is 3.31. The largest absolute Gasteiger partial charge is 1.00 e. The average molecular weight is 105 g/mol. The Hall–Kier alpha value is -0.323. The molecule has 0 spiro atoms. The van der Waals surface area contributed by atoms with Crippen LogP contribution in [0.4, 0.5) is 4.39 Å². The SMILES string of the molecule is Fc1ccccn1.[H-].[Li+]. The second-order valence-electron chi connectivity index (χ2n) is 1.15. The van der Waals surface area contributed by atoms with E-state index in [1.54, 1.807) is 12.1 Å². The van der Waals surface area contributed by atoms with Crippen LogP contribution in [0.15, 0.2) is 24.4 Å². The minimum absolute atomic E-state index is 0. The molecular formula is C5H5FLiN. The molecule has 0 atom stereocenters. The smallest absolute Gasteiger partial charge is 1.00 e. The second-order valence-corrected chi connectivity index (χ2v) is 1.15. The first kappa shape index (κ1) is 7.68. The molecule has 1 aromatic rings. The summed E-state index contributed by atoms with van der Waals surface area (Å²) in [5, 5.41) is 0. The molecule has 1 rings (SSSR count). The van der Waals surface area contributed by atoms with Crippen molar-refractivity contribution in [2.75, 3.05) is 0 Å². The van der Waals surface area contributed by atoms with Gasteiger partial charge in [-0.3, -0.25) is 0 Å². The molecule has 3 heteroatoms. The molecule has 0 saturated heterocycles. The van der Waals surface area contributed by atoms with Gasteiger partial charge in [0.2, 0.25) is 5.95 Å². The third-order valence-electron chi connectivity index (χ3n) is 0.629. The summed E-state index contributed by atoms with van der Waals surface area (Å²) >= 11 is 0. The summed E-state index contributed by atoms with van der Waals surface area (Å²) in [6.07, 6.45) is 1.41. The van der Waals surface area contributed by atoms with Crippen molar-refractivity contribution in [3.05, 3.63) is 30.3 Å². The maximum atomic E-state index is 11.8. The van der Waals surface area contributed by atoms with Gasteiger partial charge in [0.1, 0.15) is 0 Å². The number of nitrogens with zero attached hydrogens (tertiary/aromatic N) is 1. The summed E-state index contributed by atoms with van der Waals surface area (Å²) in [5.74, 6) is -0.428. The molecule has 0 aliphatic heterocycles. The van der Waals surface area contributed by atoms with Gasteiger partial charge < -0.3 is 1.43 Å². The van der Waals surface area contributed by atoms with E-state index < -0.39 is 5.95 Å². The van der Waals surface area contributed by atoms with Crippen molar-refractivity contribution in [3.63, 3.8) is 0 Å². The fourth-order valence-electron chi connectivity index (χ4n) is 0.342. The van der Waals surface area contributed by atoms with E-state index in [4.69, 9.17) is 0 Å². The van der Waals surface area contributed by atoms with E-state index in [0.717, 1.165) is 0 Å². The Morgan fingerprint density at radius 1 is 1.50 bits per heavy atom. The van der Waals surface area contributed by atoms with Gasteiger partial charge in [-0.05, 0) is 12.1 Å². The zero-order valence-electron chi connectivity index (χ0n) is 5.63. The van der Waals surface area contributed by atoms with Crippen LogP contribution >= 0.6 is 0 Å². The van der Waals surface area contributed by atoms with E-state index in [-0.39, 0.29) is 20.3 Å². The summed E-state index contributed by atoms with van der Waals surface area (Å²) in [6, 6.07) is 4.57. The van der Waals surface area contributed by atoms with Crippen molar-refractivity contribution >= 4 is 0 Å². The molecule has 0 fully saturated rings. The van der Waals surface area contributed by atoms with Crippen LogP contribution < -0.4 is 18.9 Å². The number of rotatable bonds is 0. The van der Waals surface area contributed by atoms with E-state index in [9.17, 15) is 4.39 Å². The Labute approximate surface area is 60.6 Å². The van der Waals surface area contributed by atoms with Crippen molar-refractivity contribution in [1.82, 2.24) is 4.98 Å². The quantitative estimate of drug-likeness (QED) is 0.284. The monoisotopic (exact) mass is 105 g/mol. The number of hydrogen-bond acceptors (Lipinski definition) is 1. The Morgan fingerprint density at radius 3 is 2.50 bits per heavy atom. The Bertz CT molecular complexity index is 147. The number of pyridine rings is 1. The molecule has 0 aromatic carbocycles. The van der Waals surface area contributed by atoms with Gasteiger partial charge in [0, 0.05) is 6.20 Å². The van der Waals surface area contributed by atoms with Gasteiger partial charge in [-0.25, -0.2) is 4.98 Å².